The zero-order valence-electron chi connectivity index (χ0n) is 22.3. The average Bonchev–Trinajstić information content (AvgIpc) is 2.82. The summed E-state index contributed by atoms with van der Waals surface area (Å²) in [5.74, 6) is 1.25. The van der Waals surface area contributed by atoms with Crippen LogP contribution in [0, 0.1) is 0 Å². The molecule has 0 aliphatic rings. The maximum Gasteiger partial charge on any atom is 0.303 e. The third kappa shape index (κ3) is 34.0. The molecule has 0 amide bonds. The molecule has 0 heterocycles. The molecule has 0 radical (unpaired) electrons. The summed E-state index contributed by atoms with van der Waals surface area (Å²) in [5.41, 5.74) is 0. The van der Waals surface area contributed by atoms with Crippen LogP contribution in [0.1, 0.15) is 154 Å². The van der Waals surface area contributed by atoms with E-state index >= 15 is 0 Å². The molecule has 2 N–H and O–H groups in total. The summed E-state index contributed by atoms with van der Waals surface area (Å²) in [6.45, 7) is 0. The minimum absolute atomic E-state index is 0.332. The highest BCUT2D eigenvalue weighted by atomic mass is 33.5. The summed E-state index contributed by atoms with van der Waals surface area (Å²) >= 11 is 0. The monoisotopic (exact) mass is 550 g/mol. The van der Waals surface area contributed by atoms with Crippen LogP contribution in [0.2, 0.25) is 0 Å². The van der Waals surface area contributed by atoms with E-state index in [4.69, 9.17) is 10.2 Å². The van der Waals surface area contributed by atoms with Crippen molar-refractivity contribution in [3.8, 4) is 0 Å². The normalized spacial score (nSPS) is 11.2. The number of aliphatic carboxylic acids is 2. The molecule has 0 spiro atoms. The van der Waals surface area contributed by atoms with Gasteiger partial charge < -0.3 is 10.2 Å². The van der Waals surface area contributed by atoms with Gasteiger partial charge in [-0.2, -0.15) is 0 Å². The van der Waals surface area contributed by atoms with Crippen molar-refractivity contribution in [3.05, 3.63) is 0 Å². The number of hydrogen-bond acceptors (Lipinski definition) is 5. The molecule has 7 heteroatoms. The van der Waals surface area contributed by atoms with E-state index in [1.807, 2.05) is 31.4 Å². The van der Waals surface area contributed by atoms with E-state index in [9.17, 15) is 9.59 Å². The third-order valence-electron chi connectivity index (χ3n) is 6.33. The van der Waals surface area contributed by atoms with Gasteiger partial charge in [-0.15, -0.1) is 0 Å². The lowest BCUT2D eigenvalue weighted by Crippen LogP contribution is -1.93. The van der Waals surface area contributed by atoms with Gasteiger partial charge in [-0.05, 0) is 35.5 Å². The van der Waals surface area contributed by atoms with Crippen LogP contribution in [0.3, 0.4) is 0 Å². The summed E-state index contributed by atoms with van der Waals surface area (Å²) < 4.78 is 0. The van der Waals surface area contributed by atoms with E-state index < -0.39 is 11.9 Å². The Labute approximate surface area is 228 Å². The number of carbonyl (C=O) groups is 2. The molecular weight excluding hydrogens is 497 g/mol. The van der Waals surface area contributed by atoms with Crippen LogP contribution in [0.5, 0.6) is 0 Å². The van der Waals surface area contributed by atoms with Crippen molar-refractivity contribution in [1.82, 2.24) is 0 Å². The van der Waals surface area contributed by atoms with E-state index in [0.29, 0.717) is 12.8 Å². The fourth-order valence-corrected chi connectivity index (χ4v) is 8.16. The predicted octanol–water partition coefficient (Wildman–Crippen LogP) is 10.5. The number of carboxylic acids is 2. The molecule has 0 fully saturated rings. The number of unbranched alkanes of at least 4 members (excludes halogenated alkanes) is 20. The van der Waals surface area contributed by atoms with Gasteiger partial charge in [0.2, 0.25) is 0 Å². The fraction of sp³-hybridized carbons (Fsp3) is 0.929. The first-order valence-electron chi connectivity index (χ1n) is 14.5. The molecular formula is C28H54O4S3. The van der Waals surface area contributed by atoms with Crippen LogP contribution in [0.25, 0.3) is 0 Å². The van der Waals surface area contributed by atoms with Crippen molar-refractivity contribution >= 4 is 43.4 Å². The molecule has 0 bridgehead atoms. The van der Waals surface area contributed by atoms with Gasteiger partial charge in [0, 0.05) is 24.3 Å². The molecule has 208 valence electrons. The zero-order chi connectivity index (χ0) is 25.7. The summed E-state index contributed by atoms with van der Waals surface area (Å²) in [7, 11) is 6.06. The average molecular weight is 551 g/mol. The van der Waals surface area contributed by atoms with E-state index in [1.165, 1.54) is 127 Å². The Kier molecular flexibility index (Phi) is 30.2. The smallest absolute Gasteiger partial charge is 0.303 e. The van der Waals surface area contributed by atoms with Crippen molar-refractivity contribution in [2.75, 3.05) is 11.5 Å². The van der Waals surface area contributed by atoms with Gasteiger partial charge >= 0.3 is 11.9 Å². The summed E-state index contributed by atoms with van der Waals surface area (Å²) in [6.07, 6.45) is 28.4. The lowest BCUT2D eigenvalue weighted by molar-refractivity contribution is -0.138. The van der Waals surface area contributed by atoms with Gasteiger partial charge in [-0.1, -0.05) is 137 Å². The molecule has 0 unspecified atom stereocenters. The van der Waals surface area contributed by atoms with Crippen LogP contribution in [0.15, 0.2) is 0 Å². The summed E-state index contributed by atoms with van der Waals surface area (Å²) in [4.78, 5) is 20.9. The Morgan fingerprint density at radius 1 is 0.371 bits per heavy atom. The zero-order valence-corrected chi connectivity index (χ0v) is 24.8. The maximum absolute atomic E-state index is 10.4. The number of carboxylic acid groups (broad SMARTS) is 2. The second kappa shape index (κ2) is 30.2. The Bertz CT molecular complexity index is 423. The molecule has 0 saturated heterocycles. The van der Waals surface area contributed by atoms with E-state index in [2.05, 4.69) is 0 Å². The molecule has 0 aromatic heterocycles. The van der Waals surface area contributed by atoms with Crippen LogP contribution in [-0.4, -0.2) is 33.7 Å². The Hall–Kier alpha value is -0.0100. The lowest BCUT2D eigenvalue weighted by Gasteiger charge is -2.04. The van der Waals surface area contributed by atoms with E-state index in [1.54, 1.807) is 0 Å². The topological polar surface area (TPSA) is 74.6 Å². The minimum Gasteiger partial charge on any atom is -0.481 e. The van der Waals surface area contributed by atoms with Gasteiger partial charge in [-0.25, -0.2) is 0 Å². The lowest BCUT2D eigenvalue weighted by atomic mass is 10.1. The first-order chi connectivity index (χ1) is 17.1. The first kappa shape index (κ1) is 35.0. The van der Waals surface area contributed by atoms with Crippen LogP contribution in [-0.2, 0) is 9.59 Å². The van der Waals surface area contributed by atoms with Crippen molar-refractivity contribution in [1.29, 1.82) is 0 Å². The van der Waals surface area contributed by atoms with Gasteiger partial charge in [0.25, 0.3) is 0 Å². The quantitative estimate of drug-likeness (QED) is 0.0680. The van der Waals surface area contributed by atoms with Gasteiger partial charge in [-0.3, -0.25) is 9.59 Å². The van der Waals surface area contributed by atoms with Gasteiger partial charge in [0.15, 0.2) is 0 Å². The van der Waals surface area contributed by atoms with Crippen molar-refractivity contribution in [2.24, 2.45) is 0 Å². The van der Waals surface area contributed by atoms with Gasteiger partial charge in [0.05, 0.1) is 0 Å². The highest BCUT2D eigenvalue weighted by Gasteiger charge is 1.99. The largest absolute Gasteiger partial charge is 0.481 e. The third-order valence-corrected chi connectivity index (χ3v) is 10.7. The Morgan fingerprint density at radius 2 is 0.600 bits per heavy atom. The summed E-state index contributed by atoms with van der Waals surface area (Å²) in [5, 5.41) is 17.2. The summed E-state index contributed by atoms with van der Waals surface area (Å²) in [6, 6.07) is 0. The molecule has 35 heavy (non-hydrogen) atoms. The van der Waals surface area contributed by atoms with E-state index in [-0.39, 0.29) is 0 Å². The minimum atomic E-state index is -0.661. The number of hydrogen-bond donors (Lipinski definition) is 2. The highest BCUT2D eigenvalue weighted by Crippen LogP contribution is 2.35. The Balaban J connectivity index is 3.03. The van der Waals surface area contributed by atoms with Crippen molar-refractivity contribution < 1.29 is 19.8 Å². The van der Waals surface area contributed by atoms with Crippen molar-refractivity contribution in [3.63, 3.8) is 0 Å². The van der Waals surface area contributed by atoms with Crippen molar-refractivity contribution in [2.45, 2.75) is 154 Å². The highest BCUT2D eigenvalue weighted by molar-refractivity contribution is 9.09. The van der Waals surface area contributed by atoms with E-state index in [0.717, 1.165) is 25.7 Å². The molecule has 0 aromatic rings. The van der Waals surface area contributed by atoms with Crippen LogP contribution < -0.4 is 0 Å². The Morgan fingerprint density at radius 3 is 0.857 bits per heavy atom. The fourth-order valence-electron chi connectivity index (χ4n) is 4.16. The SMILES string of the molecule is O=C(O)CCCCCCCCCCCCCSSSCCCCCCCCCCCCCC(=O)O. The second-order valence-corrected chi connectivity index (χ2v) is 14.2. The van der Waals surface area contributed by atoms with Crippen LogP contribution >= 0.6 is 31.4 Å². The molecule has 4 nitrogen and oxygen atoms in total. The molecule has 0 rings (SSSR count). The second-order valence-electron chi connectivity index (χ2n) is 9.78. The molecule has 0 aliphatic carbocycles. The molecule has 0 atom stereocenters. The number of rotatable bonds is 30. The molecule has 0 saturated carbocycles. The predicted molar refractivity (Wildman–Crippen MR) is 159 cm³/mol. The van der Waals surface area contributed by atoms with Gasteiger partial charge in [0.1, 0.15) is 0 Å². The standard InChI is InChI=1S/C28H54O4S3/c29-27(30)23-19-15-11-7-3-1-5-9-13-17-21-25-33-35-34-26-22-18-14-10-6-2-4-8-12-16-20-24-28(31)32/h1-26H2,(H,29,30)(H,31,32). The van der Waals surface area contributed by atoms with Crippen LogP contribution in [0.4, 0.5) is 0 Å². The molecule has 0 aliphatic heterocycles. The maximum atomic E-state index is 10.4. The first-order valence-corrected chi connectivity index (χ1v) is 18.3. The molecule has 0 aromatic carbocycles.